The highest BCUT2D eigenvalue weighted by Gasteiger charge is 2.11. The predicted octanol–water partition coefficient (Wildman–Crippen LogP) is -0.717. The van der Waals surface area contributed by atoms with Gasteiger partial charge in [-0.25, -0.2) is 0 Å². The van der Waals surface area contributed by atoms with E-state index in [0.717, 1.165) is 0 Å². The molecule has 0 atom stereocenters. The summed E-state index contributed by atoms with van der Waals surface area (Å²) in [4.78, 5) is 0. The number of ether oxygens (including phenoxy) is 3. The highest BCUT2D eigenvalue weighted by atomic mass is 16.8. The van der Waals surface area contributed by atoms with E-state index < -0.39 is 6.29 Å². The second kappa shape index (κ2) is 2.99. The smallest absolute Gasteiger partial charge is 0.186 e. The molecule has 0 amide bonds. The van der Waals surface area contributed by atoms with Gasteiger partial charge in [0.25, 0.3) is 0 Å². The third-order valence-corrected chi connectivity index (χ3v) is 0.824. The lowest BCUT2D eigenvalue weighted by Crippen LogP contribution is -2.29. The van der Waals surface area contributed by atoms with E-state index in [0.29, 0.717) is 0 Å². The summed E-state index contributed by atoms with van der Waals surface area (Å²) in [5.41, 5.74) is 0. The van der Waals surface area contributed by atoms with Gasteiger partial charge in [0, 0.05) is 0 Å². The quantitative estimate of drug-likeness (QED) is 0.496. The number of rotatable bonds is 1. The van der Waals surface area contributed by atoms with Gasteiger partial charge in [-0.1, -0.05) is 0 Å². The van der Waals surface area contributed by atoms with E-state index in [1.807, 2.05) is 0 Å². The highest BCUT2D eigenvalue weighted by molar-refractivity contribution is 4.37. The molecule has 0 bridgehead atoms. The van der Waals surface area contributed by atoms with Crippen molar-refractivity contribution in [2.45, 2.75) is 6.29 Å². The molecule has 0 aromatic heterocycles. The summed E-state index contributed by atoms with van der Waals surface area (Å²) in [6.45, 7) is 0.319. The second-order valence-electron chi connectivity index (χ2n) is 1.39. The van der Waals surface area contributed by atoms with Gasteiger partial charge in [-0.3, -0.25) is 0 Å². The number of hydrogen-bond donors (Lipinski definition) is 1. The van der Waals surface area contributed by atoms with Crippen LogP contribution in [0.5, 0.6) is 0 Å². The molecule has 0 aromatic carbocycles. The molecule has 1 heterocycles. The Hall–Kier alpha value is -0.160. The standard InChI is InChI=1S/C4H8O4/c5-1-4-7-2-6-3-8-4/h4-5H,1-3H2. The minimum absolute atomic E-state index is 0.108. The van der Waals surface area contributed by atoms with Crippen LogP contribution in [0.2, 0.25) is 0 Å². The largest absolute Gasteiger partial charge is 0.391 e. The molecule has 1 aliphatic rings. The van der Waals surface area contributed by atoms with Crippen LogP contribution in [0, 0.1) is 0 Å². The average Bonchev–Trinajstić information content (AvgIpc) is 1.90. The SMILES string of the molecule is OCC1OCOCO1. The van der Waals surface area contributed by atoms with Crippen LogP contribution in [0.3, 0.4) is 0 Å². The third-order valence-electron chi connectivity index (χ3n) is 0.824. The fraction of sp³-hybridized carbons (Fsp3) is 1.00. The van der Waals surface area contributed by atoms with Crippen molar-refractivity contribution >= 4 is 0 Å². The van der Waals surface area contributed by atoms with Crippen LogP contribution in [-0.4, -0.2) is 31.6 Å². The van der Waals surface area contributed by atoms with Crippen LogP contribution < -0.4 is 0 Å². The zero-order valence-corrected chi connectivity index (χ0v) is 4.37. The van der Waals surface area contributed by atoms with Crippen molar-refractivity contribution in [2.24, 2.45) is 0 Å². The maximum Gasteiger partial charge on any atom is 0.186 e. The van der Waals surface area contributed by atoms with Gasteiger partial charge in [0.1, 0.15) is 0 Å². The summed E-state index contributed by atoms with van der Waals surface area (Å²) in [7, 11) is 0. The second-order valence-corrected chi connectivity index (χ2v) is 1.39. The van der Waals surface area contributed by atoms with Gasteiger partial charge in [-0.05, 0) is 0 Å². The summed E-state index contributed by atoms with van der Waals surface area (Å²) in [6, 6.07) is 0. The van der Waals surface area contributed by atoms with Crippen molar-refractivity contribution in [3.8, 4) is 0 Å². The minimum Gasteiger partial charge on any atom is -0.391 e. The van der Waals surface area contributed by atoms with Crippen LogP contribution in [0.1, 0.15) is 0 Å². The molecule has 4 heteroatoms. The van der Waals surface area contributed by atoms with E-state index in [1.54, 1.807) is 0 Å². The molecule has 1 N–H and O–H groups in total. The maximum atomic E-state index is 8.39. The van der Waals surface area contributed by atoms with Crippen molar-refractivity contribution in [1.29, 1.82) is 0 Å². The maximum absolute atomic E-state index is 8.39. The zero-order chi connectivity index (χ0) is 5.82. The number of aliphatic hydroxyl groups is 1. The normalized spacial score (nSPS) is 23.6. The zero-order valence-electron chi connectivity index (χ0n) is 4.37. The Labute approximate surface area is 47.0 Å². The first-order valence-corrected chi connectivity index (χ1v) is 2.35. The molecule has 0 radical (unpaired) electrons. The Kier molecular flexibility index (Phi) is 2.23. The first kappa shape index (κ1) is 5.97. The molecular formula is C4H8O4. The first-order valence-electron chi connectivity index (χ1n) is 2.35. The molecule has 0 unspecified atom stereocenters. The molecule has 0 saturated carbocycles. The topological polar surface area (TPSA) is 47.9 Å². The molecule has 1 fully saturated rings. The van der Waals surface area contributed by atoms with E-state index in [9.17, 15) is 0 Å². The highest BCUT2D eigenvalue weighted by Crippen LogP contribution is 1.99. The Morgan fingerprint density at radius 2 is 2.00 bits per heavy atom. The predicted molar refractivity (Wildman–Crippen MR) is 23.9 cm³/mol. The van der Waals surface area contributed by atoms with Crippen LogP contribution in [0.4, 0.5) is 0 Å². The van der Waals surface area contributed by atoms with Gasteiger partial charge < -0.3 is 19.3 Å². The molecule has 0 spiro atoms. The van der Waals surface area contributed by atoms with Gasteiger partial charge >= 0.3 is 0 Å². The van der Waals surface area contributed by atoms with E-state index in [1.165, 1.54) is 0 Å². The van der Waals surface area contributed by atoms with Crippen molar-refractivity contribution in [3.05, 3.63) is 0 Å². The van der Waals surface area contributed by atoms with Crippen LogP contribution >= 0.6 is 0 Å². The van der Waals surface area contributed by atoms with Crippen molar-refractivity contribution in [3.63, 3.8) is 0 Å². The lowest BCUT2D eigenvalue weighted by Gasteiger charge is -2.20. The molecule has 1 saturated heterocycles. The molecule has 4 nitrogen and oxygen atoms in total. The molecule has 1 rings (SSSR count). The van der Waals surface area contributed by atoms with Gasteiger partial charge in [0.15, 0.2) is 19.9 Å². The van der Waals surface area contributed by atoms with Crippen molar-refractivity contribution < 1.29 is 19.3 Å². The average molecular weight is 120 g/mol. The van der Waals surface area contributed by atoms with E-state index in [4.69, 9.17) is 14.6 Å². The van der Waals surface area contributed by atoms with Crippen molar-refractivity contribution in [1.82, 2.24) is 0 Å². The summed E-state index contributed by atoms with van der Waals surface area (Å²) < 4.78 is 14.1. The Morgan fingerprint density at radius 1 is 1.38 bits per heavy atom. The minimum atomic E-state index is -0.483. The molecule has 0 aliphatic carbocycles. The molecule has 8 heavy (non-hydrogen) atoms. The lowest BCUT2D eigenvalue weighted by atomic mass is 10.7. The van der Waals surface area contributed by atoms with Gasteiger partial charge in [-0.2, -0.15) is 0 Å². The fourth-order valence-corrected chi connectivity index (χ4v) is 0.436. The van der Waals surface area contributed by atoms with Crippen LogP contribution in [0.25, 0.3) is 0 Å². The summed E-state index contributed by atoms with van der Waals surface area (Å²) in [5.74, 6) is 0. The van der Waals surface area contributed by atoms with Crippen LogP contribution in [0.15, 0.2) is 0 Å². The molecule has 0 aromatic rings. The lowest BCUT2D eigenvalue weighted by molar-refractivity contribution is -0.306. The van der Waals surface area contributed by atoms with E-state index in [-0.39, 0.29) is 20.2 Å². The molecular weight excluding hydrogens is 112 g/mol. The molecule has 1 aliphatic heterocycles. The van der Waals surface area contributed by atoms with E-state index >= 15 is 0 Å². The Bertz CT molecular complexity index is 59.1. The van der Waals surface area contributed by atoms with Crippen LogP contribution in [-0.2, 0) is 14.2 Å². The Morgan fingerprint density at radius 3 is 2.38 bits per heavy atom. The summed E-state index contributed by atoms with van der Waals surface area (Å²) >= 11 is 0. The Balaban J connectivity index is 2.13. The van der Waals surface area contributed by atoms with Gasteiger partial charge in [0.2, 0.25) is 0 Å². The third kappa shape index (κ3) is 1.41. The summed E-state index contributed by atoms with van der Waals surface area (Å²) in [6.07, 6.45) is -0.483. The van der Waals surface area contributed by atoms with Gasteiger partial charge in [-0.15, -0.1) is 0 Å². The number of aliphatic hydroxyl groups excluding tert-OH is 1. The fourth-order valence-electron chi connectivity index (χ4n) is 0.436. The molecule has 48 valence electrons. The van der Waals surface area contributed by atoms with E-state index in [2.05, 4.69) is 4.74 Å². The van der Waals surface area contributed by atoms with Gasteiger partial charge in [0.05, 0.1) is 6.61 Å². The number of hydrogen-bond acceptors (Lipinski definition) is 4. The monoisotopic (exact) mass is 120 g/mol. The first-order chi connectivity index (χ1) is 3.93. The van der Waals surface area contributed by atoms with Crippen molar-refractivity contribution in [2.75, 3.05) is 20.2 Å². The summed E-state index contributed by atoms with van der Waals surface area (Å²) in [5, 5.41) is 8.39.